The zero-order valence-corrected chi connectivity index (χ0v) is 11.3. The molecule has 0 atom stereocenters. The molecule has 0 saturated heterocycles. The van der Waals surface area contributed by atoms with Crippen LogP contribution in [0, 0.1) is 17.6 Å². The summed E-state index contributed by atoms with van der Waals surface area (Å²) in [4.78, 5) is 0. The van der Waals surface area contributed by atoms with E-state index in [-0.39, 0.29) is 19.7 Å². The van der Waals surface area contributed by atoms with Gasteiger partial charge in [-0.1, -0.05) is 38.5 Å². The minimum absolute atomic E-state index is 0. The number of hydrogen-bond donors (Lipinski definition) is 0. The van der Waals surface area contributed by atoms with Crippen molar-refractivity contribution in [2.75, 3.05) is 6.61 Å². The molecule has 1 saturated carbocycles. The van der Waals surface area contributed by atoms with Crippen LogP contribution in [0.2, 0.25) is 0 Å². The van der Waals surface area contributed by atoms with E-state index in [0.717, 1.165) is 25.7 Å². The molecule has 19 heavy (non-hydrogen) atoms. The summed E-state index contributed by atoms with van der Waals surface area (Å²) >= 11 is 0. The molecule has 0 spiro atoms. The molecule has 0 heterocycles. The lowest BCUT2D eigenvalue weighted by Crippen LogP contribution is -2.13. The second-order valence-electron chi connectivity index (χ2n) is 5.34. The Bertz CT molecular complexity index is 454. The highest BCUT2D eigenvalue weighted by molar-refractivity contribution is 5.33. The van der Waals surface area contributed by atoms with Crippen LogP contribution in [0.25, 0.3) is 0 Å². The molecule has 0 aromatic heterocycles. The molecule has 1 aliphatic carbocycles. The number of rotatable bonds is 4. The molecular weight excluding hydrogens is 246 g/mol. The lowest BCUT2D eigenvalue weighted by atomic mass is 9.79. The summed E-state index contributed by atoms with van der Waals surface area (Å²) in [6, 6.07) is 3.19. The normalized spacial score (nSPS) is 23.1. The van der Waals surface area contributed by atoms with Crippen molar-refractivity contribution >= 4 is 0 Å². The fourth-order valence-corrected chi connectivity index (χ4v) is 2.69. The highest BCUT2D eigenvalue weighted by atomic mass is 19.2. The standard InChI is InChI=1S/C16H20F2O.H2/c1-3-10-19-14-9-8-13(15(17)16(14)18)12-6-4-11(2)5-7-12;/h3,8-9,11-12H,1,4-7,10H2,2H3;1H. The summed E-state index contributed by atoms with van der Waals surface area (Å²) in [7, 11) is 0. The average Bonchev–Trinajstić information content (AvgIpc) is 2.42. The third-order valence-corrected chi connectivity index (χ3v) is 3.89. The zero-order valence-electron chi connectivity index (χ0n) is 11.3. The van der Waals surface area contributed by atoms with Crippen LogP contribution in [0.5, 0.6) is 5.75 Å². The summed E-state index contributed by atoms with van der Waals surface area (Å²) in [5.74, 6) is -0.831. The Labute approximate surface area is 114 Å². The van der Waals surface area contributed by atoms with Gasteiger partial charge in [-0.25, -0.2) is 4.39 Å². The van der Waals surface area contributed by atoms with Crippen LogP contribution in [0.3, 0.4) is 0 Å². The van der Waals surface area contributed by atoms with E-state index in [1.165, 1.54) is 12.1 Å². The van der Waals surface area contributed by atoms with Crippen LogP contribution in [0.4, 0.5) is 8.78 Å². The maximum Gasteiger partial charge on any atom is 0.200 e. The third-order valence-electron chi connectivity index (χ3n) is 3.89. The highest BCUT2D eigenvalue weighted by Gasteiger charge is 2.25. The Morgan fingerprint density at radius 2 is 1.95 bits per heavy atom. The van der Waals surface area contributed by atoms with Crippen LogP contribution in [-0.4, -0.2) is 6.61 Å². The molecule has 2 rings (SSSR count). The highest BCUT2D eigenvalue weighted by Crippen LogP contribution is 2.38. The van der Waals surface area contributed by atoms with Gasteiger partial charge in [0.25, 0.3) is 0 Å². The van der Waals surface area contributed by atoms with Gasteiger partial charge in [0, 0.05) is 1.43 Å². The molecule has 1 aromatic rings. The largest absolute Gasteiger partial charge is 0.486 e. The fourth-order valence-electron chi connectivity index (χ4n) is 2.69. The fraction of sp³-hybridized carbons (Fsp3) is 0.500. The Morgan fingerprint density at radius 3 is 2.58 bits per heavy atom. The number of ether oxygens (including phenoxy) is 1. The molecular formula is C16H22F2O. The third kappa shape index (κ3) is 3.14. The van der Waals surface area contributed by atoms with Crippen molar-refractivity contribution in [3.05, 3.63) is 42.0 Å². The van der Waals surface area contributed by atoms with E-state index in [1.54, 1.807) is 6.07 Å². The first kappa shape index (κ1) is 14.0. The van der Waals surface area contributed by atoms with Crippen LogP contribution < -0.4 is 4.74 Å². The summed E-state index contributed by atoms with van der Waals surface area (Å²) in [6.45, 7) is 5.87. The Morgan fingerprint density at radius 1 is 1.26 bits per heavy atom. The van der Waals surface area contributed by atoms with E-state index in [1.807, 2.05) is 0 Å². The summed E-state index contributed by atoms with van der Waals surface area (Å²) in [6.07, 6.45) is 5.55. The monoisotopic (exact) mass is 268 g/mol. The molecule has 1 aromatic carbocycles. The van der Waals surface area contributed by atoms with Crippen LogP contribution in [-0.2, 0) is 0 Å². The van der Waals surface area contributed by atoms with Crippen molar-refractivity contribution in [3.63, 3.8) is 0 Å². The SMILES string of the molecule is C=CCOc1ccc(C2CCC(C)CC2)c(F)c1F.[HH]. The molecule has 3 heteroatoms. The Hall–Kier alpha value is -1.38. The first-order chi connectivity index (χ1) is 9.13. The van der Waals surface area contributed by atoms with Gasteiger partial charge in [-0.2, -0.15) is 4.39 Å². The maximum absolute atomic E-state index is 14.1. The van der Waals surface area contributed by atoms with Gasteiger partial charge >= 0.3 is 0 Å². The lowest BCUT2D eigenvalue weighted by Gasteiger charge is -2.27. The molecule has 0 bridgehead atoms. The summed E-state index contributed by atoms with van der Waals surface area (Å²) in [5, 5.41) is 0. The van der Waals surface area contributed by atoms with Gasteiger partial charge in [0.1, 0.15) is 6.61 Å². The van der Waals surface area contributed by atoms with E-state index in [9.17, 15) is 8.78 Å². The molecule has 1 fully saturated rings. The topological polar surface area (TPSA) is 9.23 Å². The summed E-state index contributed by atoms with van der Waals surface area (Å²) in [5.41, 5.74) is 0.496. The van der Waals surface area contributed by atoms with Crippen molar-refractivity contribution in [2.45, 2.75) is 38.5 Å². The van der Waals surface area contributed by atoms with Crippen LogP contribution >= 0.6 is 0 Å². The van der Waals surface area contributed by atoms with Crippen molar-refractivity contribution in [1.82, 2.24) is 0 Å². The van der Waals surface area contributed by atoms with Crippen molar-refractivity contribution in [2.24, 2.45) is 5.92 Å². The van der Waals surface area contributed by atoms with E-state index in [4.69, 9.17) is 4.74 Å². The average molecular weight is 268 g/mol. The number of benzene rings is 1. The maximum atomic E-state index is 14.1. The molecule has 0 radical (unpaired) electrons. The van der Waals surface area contributed by atoms with Crippen LogP contribution in [0.15, 0.2) is 24.8 Å². The second kappa shape index (κ2) is 6.18. The minimum Gasteiger partial charge on any atom is -0.486 e. The van der Waals surface area contributed by atoms with Gasteiger partial charge in [-0.15, -0.1) is 0 Å². The molecule has 0 amide bonds. The minimum atomic E-state index is -0.877. The molecule has 106 valence electrons. The summed E-state index contributed by atoms with van der Waals surface area (Å²) < 4.78 is 33.1. The Balaban J connectivity index is 0.00000200. The first-order valence-corrected chi connectivity index (χ1v) is 6.85. The molecule has 0 unspecified atom stereocenters. The van der Waals surface area contributed by atoms with Crippen LogP contribution in [0.1, 0.15) is 45.5 Å². The van der Waals surface area contributed by atoms with Crippen molar-refractivity contribution in [3.8, 4) is 5.75 Å². The van der Waals surface area contributed by atoms with Gasteiger partial charge < -0.3 is 4.74 Å². The number of hydrogen-bond acceptors (Lipinski definition) is 1. The molecule has 0 aliphatic heterocycles. The van der Waals surface area contributed by atoms with E-state index in [0.29, 0.717) is 11.5 Å². The predicted molar refractivity (Wildman–Crippen MR) is 74.5 cm³/mol. The van der Waals surface area contributed by atoms with Crippen molar-refractivity contribution in [1.29, 1.82) is 0 Å². The smallest absolute Gasteiger partial charge is 0.200 e. The number of halogens is 2. The Kier molecular flexibility index (Phi) is 4.56. The van der Waals surface area contributed by atoms with Gasteiger partial charge in [0.2, 0.25) is 5.82 Å². The van der Waals surface area contributed by atoms with Crippen molar-refractivity contribution < 1.29 is 14.9 Å². The van der Waals surface area contributed by atoms with Gasteiger partial charge in [-0.05, 0) is 36.3 Å². The van der Waals surface area contributed by atoms with Gasteiger partial charge in [-0.3, -0.25) is 0 Å². The predicted octanol–water partition coefficient (Wildman–Crippen LogP) is 5.07. The van der Waals surface area contributed by atoms with Gasteiger partial charge in [0.05, 0.1) is 0 Å². The lowest BCUT2D eigenvalue weighted by molar-refractivity contribution is 0.321. The molecule has 1 aliphatic rings. The molecule has 0 N–H and O–H groups in total. The van der Waals surface area contributed by atoms with E-state index in [2.05, 4.69) is 13.5 Å². The molecule has 1 nitrogen and oxygen atoms in total. The van der Waals surface area contributed by atoms with E-state index < -0.39 is 11.6 Å². The first-order valence-electron chi connectivity index (χ1n) is 6.85. The van der Waals surface area contributed by atoms with E-state index >= 15 is 0 Å². The van der Waals surface area contributed by atoms with Gasteiger partial charge in [0.15, 0.2) is 11.6 Å². The zero-order chi connectivity index (χ0) is 13.8. The quantitative estimate of drug-likeness (QED) is 0.693. The second-order valence-corrected chi connectivity index (χ2v) is 5.34.